The van der Waals surface area contributed by atoms with E-state index in [1.165, 1.54) is 0 Å². The molecule has 0 spiro atoms. The van der Waals surface area contributed by atoms with Crippen LogP contribution in [0, 0.1) is 12.3 Å². The summed E-state index contributed by atoms with van der Waals surface area (Å²) in [6.07, 6.45) is 9.31. The zero-order valence-electron chi connectivity index (χ0n) is 8.33. The van der Waals surface area contributed by atoms with Gasteiger partial charge in [-0.3, -0.25) is 4.79 Å². The molecule has 0 saturated heterocycles. The number of aliphatic hydroxyl groups is 1. The van der Waals surface area contributed by atoms with Crippen LogP contribution in [0.1, 0.15) is 38.5 Å². The highest BCUT2D eigenvalue weighted by Gasteiger charge is 2.23. The first-order valence-electron chi connectivity index (χ1n) is 5.15. The lowest BCUT2D eigenvalue weighted by Gasteiger charge is -2.28. The Labute approximate surface area is 84.9 Å². The summed E-state index contributed by atoms with van der Waals surface area (Å²) in [6, 6.07) is -0.0611. The molecule has 78 valence electrons. The summed E-state index contributed by atoms with van der Waals surface area (Å²) in [5, 5.41) is 12.4. The maximum Gasteiger partial charge on any atom is 0.221 e. The first-order chi connectivity index (χ1) is 6.74. The number of nitrogens with one attached hydrogen (secondary N) is 1. The van der Waals surface area contributed by atoms with Crippen molar-refractivity contribution in [3.8, 4) is 12.3 Å². The molecule has 14 heavy (non-hydrogen) atoms. The van der Waals surface area contributed by atoms with Crippen LogP contribution in [0.3, 0.4) is 0 Å². The summed E-state index contributed by atoms with van der Waals surface area (Å²) >= 11 is 0. The highest BCUT2D eigenvalue weighted by atomic mass is 16.3. The standard InChI is InChI=1S/C11H17NO2/c1-2-3-8-11(14)12-9-6-4-5-7-10(9)13/h1,9-10,13H,3-8H2,(H,12,14)/t9-,10-/m0/s1. The largest absolute Gasteiger partial charge is 0.391 e. The molecule has 0 aliphatic heterocycles. The first-order valence-corrected chi connectivity index (χ1v) is 5.15. The molecule has 1 saturated carbocycles. The Morgan fingerprint density at radius 1 is 1.50 bits per heavy atom. The van der Waals surface area contributed by atoms with E-state index in [0.29, 0.717) is 12.8 Å². The van der Waals surface area contributed by atoms with Crippen molar-refractivity contribution in [1.82, 2.24) is 5.32 Å². The molecule has 0 unspecified atom stereocenters. The van der Waals surface area contributed by atoms with E-state index in [4.69, 9.17) is 6.42 Å². The molecule has 2 N–H and O–H groups in total. The molecule has 3 nitrogen and oxygen atoms in total. The van der Waals surface area contributed by atoms with E-state index in [9.17, 15) is 9.90 Å². The Kier molecular flexibility index (Phi) is 4.48. The topological polar surface area (TPSA) is 49.3 Å². The minimum atomic E-state index is -0.376. The molecule has 0 radical (unpaired) electrons. The van der Waals surface area contributed by atoms with Crippen molar-refractivity contribution in [3.05, 3.63) is 0 Å². The first kappa shape index (κ1) is 11.1. The molecular formula is C11H17NO2. The Hall–Kier alpha value is -1.01. The lowest BCUT2D eigenvalue weighted by atomic mass is 9.92. The molecule has 0 aromatic rings. The fourth-order valence-electron chi connectivity index (χ4n) is 1.74. The fourth-order valence-corrected chi connectivity index (χ4v) is 1.74. The monoisotopic (exact) mass is 195 g/mol. The second-order valence-corrected chi connectivity index (χ2v) is 3.73. The van der Waals surface area contributed by atoms with Gasteiger partial charge < -0.3 is 10.4 Å². The van der Waals surface area contributed by atoms with E-state index in [0.717, 1.165) is 25.7 Å². The number of rotatable bonds is 3. The molecule has 0 aromatic carbocycles. The van der Waals surface area contributed by atoms with Crippen molar-refractivity contribution < 1.29 is 9.90 Å². The average molecular weight is 195 g/mol. The fraction of sp³-hybridized carbons (Fsp3) is 0.727. The zero-order valence-corrected chi connectivity index (χ0v) is 8.33. The van der Waals surface area contributed by atoms with Crippen LogP contribution in [-0.4, -0.2) is 23.2 Å². The predicted molar refractivity (Wildman–Crippen MR) is 54.5 cm³/mol. The van der Waals surface area contributed by atoms with Gasteiger partial charge in [0.15, 0.2) is 0 Å². The van der Waals surface area contributed by atoms with Gasteiger partial charge in [-0.15, -0.1) is 12.3 Å². The number of aliphatic hydroxyl groups excluding tert-OH is 1. The number of hydrogen-bond acceptors (Lipinski definition) is 2. The third kappa shape index (κ3) is 3.39. The Bertz CT molecular complexity index is 232. The molecule has 0 aromatic heterocycles. The highest BCUT2D eigenvalue weighted by Crippen LogP contribution is 2.18. The number of carbonyl (C=O) groups is 1. The van der Waals surface area contributed by atoms with Crippen LogP contribution in [0.2, 0.25) is 0 Å². The van der Waals surface area contributed by atoms with Crippen molar-refractivity contribution in [2.24, 2.45) is 0 Å². The highest BCUT2D eigenvalue weighted by molar-refractivity contribution is 5.76. The third-order valence-corrected chi connectivity index (χ3v) is 2.57. The Balaban J connectivity index is 2.28. The Morgan fingerprint density at radius 3 is 2.86 bits per heavy atom. The SMILES string of the molecule is C#CCCC(=O)N[C@H]1CCCC[C@@H]1O. The second-order valence-electron chi connectivity index (χ2n) is 3.73. The number of terminal acetylenes is 1. The van der Waals surface area contributed by atoms with E-state index in [1.807, 2.05) is 0 Å². The summed E-state index contributed by atoms with van der Waals surface area (Å²) in [5.74, 6) is 2.38. The van der Waals surface area contributed by atoms with E-state index in [1.54, 1.807) is 0 Å². The summed E-state index contributed by atoms with van der Waals surface area (Å²) < 4.78 is 0. The van der Waals surface area contributed by atoms with E-state index < -0.39 is 0 Å². The van der Waals surface area contributed by atoms with Crippen molar-refractivity contribution >= 4 is 5.91 Å². The molecular weight excluding hydrogens is 178 g/mol. The lowest BCUT2D eigenvalue weighted by Crippen LogP contribution is -2.44. The zero-order chi connectivity index (χ0) is 10.4. The molecule has 3 heteroatoms. The van der Waals surface area contributed by atoms with Gasteiger partial charge in [-0.2, -0.15) is 0 Å². The van der Waals surface area contributed by atoms with Gasteiger partial charge in [0.2, 0.25) is 5.91 Å². The van der Waals surface area contributed by atoms with Gasteiger partial charge in [-0.25, -0.2) is 0 Å². The predicted octanol–water partition coefficient (Wildman–Crippen LogP) is 0.819. The quantitative estimate of drug-likeness (QED) is 0.655. The van der Waals surface area contributed by atoms with Crippen molar-refractivity contribution in [2.45, 2.75) is 50.7 Å². The average Bonchev–Trinajstić information content (AvgIpc) is 2.18. The lowest BCUT2D eigenvalue weighted by molar-refractivity contribution is -0.122. The minimum absolute atomic E-state index is 0.0473. The molecule has 2 atom stereocenters. The van der Waals surface area contributed by atoms with E-state index >= 15 is 0 Å². The molecule has 1 amide bonds. The van der Waals surface area contributed by atoms with Gasteiger partial charge in [0.25, 0.3) is 0 Å². The molecule has 0 heterocycles. The molecule has 0 bridgehead atoms. The second kappa shape index (κ2) is 5.66. The van der Waals surface area contributed by atoms with Crippen molar-refractivity contribution in [2.75, 3.05) is 0 Å². The van der Waals surface area contributed by atoms with E-state index in [2.05, 4.69) is 11.2 Å². The summed E-state index contributed by atoms with van der Waals surface area (Å²) in [4.78, 5) is 11.3. The number of amides is 1. The summed E-state index contributed by atoms with van der Waals surface area (Å²) in [6.45, 7) is 0. The van der Waals surface area contributed by atoms with Crippen LogP contribution in [0.25, 0.3) is 0 Å². The number of hydrogen-bond donors (Lipinski definition) is 2. The van der Waals surface area contributed by atoms with Gasteiger partial charge in [0.05, 0.1) is 12.1 Å². The third-order valence-electron chi connectivity index (χ3n) is 2.57. The summed E-state index contributed by atoms with van der Waals surface area (Å²) in [7, 11) is 0. The summed E-state index contributed by atoms with van der Waals surface area (Å²) in [5.41, 5.74) is 0. The van der Waals surface area contributed by atoms with Gasteiger partial charge in [-0.05, 0) is 12.8 Å². The maximum atomic E-state index is 11.3. The molecule has 1 fully saturated rings. The van der Waals surface area contributed by atoms with Gasteiger partial charge in [0.1, 0.15) is 0 Å². The smallest absolute Gasteiger partial charge is 0.221 e. The molecule has 1 rings (SSSR count). The van der Waals surface area contributed by atoms with Crippen molar-refractivity contribution in [3.63, 3.8) is 0 Å². The van der Waals surface area contributed by atoms with Crippen LogP contribution in [-0.2, 0) is 4.79 Å². The van der Waals surface area contributed by atoms with Crippen LogP contribution < -0.4 is 5.32 Å². The van der Waals surface area contributed by atoms with Crippen LogP contribution in [0.4, 0.5) is 0 Å². The van der Waals surface area contributed by atoms with Crippen molar-refractivity contribution in [1.29, 1.82) is 0 Å². The molecule has 1 aliphatic rings. The minimum Gasteiger partial charge on any atom is -0.391 e. The van der Waals surface area contributed by atoms with E-state index in [-0.39, 0.29) is 18.1 Å². The van der Waals surface area contributed by atoms with Crippen LogP contribution >= 0.6 is 0 Å². The van der Waals surface area contributed by atoms with Crippen LogP contribution in [0.15, 0.2) is 0 Å². The molecule has 1 aliphatic carbocycles. The van der Waals surface area contributed by atoms with Gasteiger partial charge in [-0.1, -0.05) is 12.8 Å². The van der Waals surface area contributed by atoms with Gasteiger partial charge in [0, 0.05) is 12.8 Å². The normalized spacial score (nSPS) is 26.6. The maximum absolute atomic E-state index is 11.3. The number of carbonyl (C=O) groups excluding carboxylic acids is 1. The van der Waals surface area contributed by atoms with Gasteiger partial charge >= 0.3 is 0 Å². The Morgan fingerprint density at radius 2 is 2.21 bits per heavy atom. The van der Waals surface area contributed by atoms with Crippen LogP contribution in [0.5, 0.6) is 0 Å².